The Morgan fingerprint density at radius 3 is 2.71 bits per heavy atom. The molecule has 1 atom stereocenters. The number of likely N-dealkylation sites (tertiary alicyclic amines) is 1. The number of hydrogen-bond donors (Lipinski definition) is 1. The number of methoxy groups -OCH3 is 1. The van der Waals surface area contributed by atoms with Crippen LogP contribution in [0.4, 0.5) is 0 Å². The van der Waals surface area contributed by atoms with Crippen molar-refractivity contribution in [2.45, 2.75) is 23.8 Å². The van der Waals surface area contributed by atoms with E-state index < -0.39 is 10.0 Å². The Morgan fingerprint density at radius 1 is 1.29 bits per heavy atom. The van der Waals surface area contributed by atoms with Crippen LogP contribution in [0.3, 0.4) is 0 Å². The maximum absolute atomic E-state index is 13.0. The van der Waals surface area contributed by atoms with Gasteiger partial charge in [0.25, 0.3) is 5.91 Å². The lowest BCUT2D eigenvalue weighted by atomic mass is 10.0. The number of carbonyl (C=O) groups excluding carboxylic acids is 1. The van der Waals surface area contributed by atoms with Crippen molar-refractivity contribution in [1.29, 1.82) is 0 Å². The van der Waals surface area contributed by atoms with Gasteiger partial charge in [-0.15, -0.1) is 6.58 Å². The smallest absolute Gasteiger partial charge is 0.254 e. The molecule has 148 valence electrons. The zero-order chi connectivity index (χ0) is 20.1. The van der Waals surface area contributed by atoms with Gasteiger partial charge in [0.15, 0.2) is 0 Å². The number of nitrogens with zero attached hydrogens (tertiary/aromatic N) is 1. The van der Waals surface area contributed by atoms with E-state index in [1.165, 1.54) is 18.2 Å². The van der Waals surface area contributed by atoms with E-state index in [4.69, 9.17) is 4.74 Å². The highest BCUT2D eigenvalue weighted by atomic mass is 32.2. The van der Waals surface area contributed by atoms with Crippen LogP contribution in [0.1, 0.15) is 34.8 Å². The van der Waals surface area contributed by atoms with Crippen molar-refractivity contribution in [2.24, 2.45) is 0 Å². The summed E-state index contributed by atoms with van der Waals surface area (Å²) in [6.45, 7) is 4.32. The van der Waals surface area contributed by atoms with Crippen molar-refractivity contribution in [2.75, 3.05) is 20.2 Å². The van der Waals surface area contributed by atoms with Crippen LogP contribution in [0, 0.1) is 0 Å². The molecule has 0 aliphatic carbocycles. The largest absolute Gasteiger partial charge is 0.497 e. The Labute approximate surface area is 165 Å². The van der Waals surface area contributed by atoms with Gasteiger partial charge in [-0.25, -0.2) is 13.1 Å². The highest BCUT2D eigenvalue weighted by Crippen LogP contribution is 2.34. The molecule has 28 heavy (non-hydrogen) atoms. The lowest BCUT2D eigenvalue weighted by Crippen LogP contribution is -2.30. The third kappa shape index (κ3) is 4.26. The summed E-state index contributed by atoms with van der Waals surface area (Å²) in [4.78, 5) is 15.0. The van der Waals surface area contributed by atoms with E-state index in [9.17, 15) is 13.2 Å². The average molecular weight is 401 g/mol. The summed E-state index contributed by atoms with van der Waals surface area (Å²) in [5.74, 6) is 0.659. The topological polar surface area (TPSA) is 75.7 Å². The van der Waals surface area contributed by atoms with Crippen molar-refractivity contribution >= 4 is 15.9 Å². The number of amides is 1. The molecule has 1 saturated heterocycles. The van der Waals surface area contributed by atoms with Crippen LogP contribution >= 0.6 is 0 Å². The predicted octanol–water partition coefficient (Wildman–Crippen LogP) is 3.14. The van der Waals surface area contributed by atoms with E-state index in [0.717, 1.165) is 24.2 Å². The average Bonchev–Trinajstić information content (AvgIpc) is 3.22. The number of ether oxygens (including phenoxy) is 1. The summed E-state index contributed by atoms with van der Waals surface area (Å²) >= 11 is 0. The second kappa shape index (κ2) is 8.58. The number of rotatable bonds is 7. The van der Waals surface area contributed by atoms with Gasteiger partial charge in [0, 0.05) is 18.7 Å². The molecule has 6 nitrogen and oxygen atoms in total. The maximum Gasteiger partial charge on any atom is 0.254 e. The number of carbonyl (C=O) groups is 1. The third-order valence-electron chi connectivity index (χ3n) is 4.82. The molecule has 1 N–H and O–H groups in total. The van der Waals surface area contributed by atoms with Crippen LogP contribution in [0.5, 0.6) is 5.75 Å². The van der Waals surface area contributed by atoms with E-state index in [-0.39, 0.29) is 23.4 Å². The summed E-state index contributed by atoms with van der Waals surface area (Å²) in [5.41, 5.74) is 1.51. The van der Waals surface area contributed by atoms with Gasteiger partial charge in [0.1, 0.15) is 5.75 Å². The summed E-state index contributed by atoms with van der Waals surface area (Å²) < 4.78 is 32.0. The van der Waals surface area contributed by atoms with Crippen molar-refractivity contribution in [1.82, 2.24) is 9.62 Å². The zero-order valence-corrected chi connectivity index (χ0v) is 16.6. The van der Waals surface area contributed by atoms with Crippen molar-refractivity contribution < 1.29 is 17.9 Å². The Kier molecular flexibility index (Phi) is 6.16. The number of benzene rings is 2. The Balaban J connectivity index is 1.80. The summed E-state index contributed by atoms with van der Waals surface area (Å²) in [6.07, 6.45) is 3.28. The van der Waals surface area contributed by atoms with Crippen LogP contribution in [0.25, 0.3) is 0 Å². The zero-order valence-electron chi connectivity index (χ0n) is 15.8. The normalized spacial score (nSPS) is 16.8. The van der Waals surface area contributed by atoms with Crippen molar-refractivity contribution in [3.8, 4) is 5.75 Å². The highest BCUT2D eigenvalue weighted by Gasteiger charge is 2.31. The molecule has 1 aliphatic heterocycles. The third-order valence-corrected chi connectivity index (χ3v) is 6.26. The van der Waals surface area contributed by atoms with Gasteiger partial charge in [-0.1, -0.05) is 18.2 Å². The molecular weight excluding hydrogens is 376 g/mol. The summed E-state index contributed by atoms with van der Waals surface area (Å²) in [6, 6.07) is 13.8. The van der Waals surface area contributed by atoms with Crippen LogP contribution < -0.4 is 9.46 Å². The Bertz CT molecular complexity index is 955. The molecule has 3 rings (SSSR count). The Morgan fingerprint density at radius 2 is 2.04 bits per heavy atom. The molecule has 1 heterocycles. The first kappa shape index (κ1) is 20.1. The molecule has 0 spiro atoms. The van der Waals surface area contributed by atoms with E-state index in [2.05, 4.69) is 11.3 Å². The number of nitrogens with one attached hydrogen (secondary N) is 1. The minimum absolute atomic E-state index is 0.0136. The van der Waals surface area contributed by atoms with Crippen LogP contribution in [-0.2, 0) is 10.0 Å². The first-order chi connectivity index (χ1) is 13.5. The van der Waals surface area contributed by atoms with E-state index >= 15 is 0 Å². The lowest BCUT2D eigenvalue weighted by Gasteiger charge is -2.25. The fourth-order valence-corrected chi connectivity index (χ4v) is 4.40. The minimum Gasteiger partial charge on any atom is -0.497 e. The van der Waals surface area contributed by atoms with Crippen molar-refractivity contribution in [3.05, 3.63) is 72.3 Å². The molecule has 0 radical (unpaired) electrons. The van der Waals surface area contributed by atoms with Crippen LogP contribution in [-0.4, -0.2) is 39.4 Å². The van der Waals surface area contributed by atoms with Gasteiger partial charge in [0.2, 0.25) is 10.0 Å². The number of hydrogen-bond acceptors (Lipinski definition) is 4. The summed E-state index contributed by atoms with van der Waals surface area (Å²) in [7, 11) is -1.98. The van der Waals surface area contributed by atoms with Crippen LogP contribution in [0.2, 0.25) is 0 Å². The Hall–Kier alpha value is -2.64. The quantitative estimate of drug-likeness (QED) is 0.725. The molecule has 1 fully saturated rings. The standard InChI is InChI=1S/C21H24N2O4S/c1-3-13-22-28(25,26)19-11-9-16(10-12-19)21(24)23-14-5-8-20(23)17-6-4-7-18(15-17)27-2/h3-4,6-7,9-12,15,20,22H,1,5,8,13-14H2,2H3. The predicted molar refractivity (Wildman–Crippen MR) is 108 cm³/mol. The molecule has 1 aliphatic rings. The van der Waals surface area contributed by atoms with Gasteiger partial charge in [0.05, 0.1) is 18.0 Å². The monoisotopic (exact) mass is 400 g/mol. The molecule has 1 unspecified atom stereocenters. The summed E-state index contributed by atoms with van der Waals surface area (Å²) in [5, 5.41) is 0. The van der Waals surface area contributed by atoms with Gasteiger partial charge >= 0.3 is 0 Å². The van der Waals surface area contributed by atoms with Gasteiger partial charge in [-0.3, -0.25) is 4.79 Å². The molecule has 0 bridgehead atoms. The fourth-order valence-electron chi connectivity index (χ4n) is 3.40. The van der Waals surface area contributed by atoms with Crippen molar-refractivity contribution in [3.63, 3.8) is 0 Å². The van der Waals surface area contributed by atoms with Gasteiger partial charge in [-0.05, 0) is 54.8 Å². The molecule has 2 aromatic carbocycles. The molecule has 0 saturated carbocycles. The van der Waals surface area contributed by atoms with Gasteiger partial charge < -0.3 is 9.64 Å². The molecule has 1 amide bonds. The number of sulfonamides is 1. The second-order valence-electron chi connectivity index (χ2n) is 6.60. The molecule has 0 aromatic heterocycles. The fraction of sp³-hybridized carbons (Fsp3) is 0.286. The van der Waals surface area contributed by atoms with E-state index in [1.54, 1.807) is 19.2 Å². The molecule has 7 heteroatoms. The second-order valence-corrected chi connectivity index (χ2v) is 8.37. The molecule has 2 aromatic rings. The lowest BCUT2D eigenvalue weighted by molar-refractivity contribution is 0.0735. The molecular formula is C21H24N2O4S. The first-order valence-corrected chi connectivity index (χ1v) is 10.6. The maximum atomic E-state index is 13.0. The highest BCUT2D eigenvalue weighted by molar-refractivity contribution is 7.89. The first-order valence-electron chi connectivity index (χ1n) is 9.12. The van der Waals surface area contributed by atoms with Crippen LogP contribution in [0.15, 0.2) is 66.1 Å². The minimum atomic E-state index is -3.61. The van der Waals surface area contributed by atoms with Gasteiger partial charge in [-0.2, -0.15) is 0 Å². The van der Waals surface area contributed by atoms with E-state index in [1.807, 2.05) is 29.2 Å². The van der Waals surface area contributed by atoms with E-state index in [0.29, 0.717) is 12.1 Å². The SMILES string of the molecule is C=CCNS(=O)(=O)c1ccc(C(=O)N2CCCC2c2cccc(OC)c2)cc1.